The first-order valence-corrected chi connectivity index (χ1v) is 5.79. The maximum Gasteiger partial charge on any atom is 0.266 e. The zero-order valence-electron chi connectivity index (χ0n) is 9.97. The minimum absolute atomic E-state index is 0.322. The number of nitrogen functional groups attached to an aromatic ring is 1. The highest BCUT2D eigenvalue weighted by molar-refractivity contribution is 5.93. The van der Waals surface area contributed by atoms with Crippen molar-refractivity contribution in [2.45, 2.75) is 12.8 Å². The van der Waals surface area contributed by atoms with E-state index in [1.54, 1.807) is 12.3 Å². The Balaban J connectivity index is 1.97. The number of rotatable bonds is 4. The molecule has 0 fully saturated rings. The van der Waals surface area contributed by atoms with Crippen molar-refractivity contribution in [1.82, 2.24) is 10.4 Å². The van der Waals surface area contributed by atoms with Crippen molar-refractivity contribution in [1.29, 1.82) is 0 Å². The summed E-state index contributed by atoms with van der Waals surface area (Å²) in [7, 11) is 0. The Hall–Kier alpha value is -2.20. The van der Waals surface area contributed by atoms with Gasteiger partial charge in [-0.25, -0.2) is 5.84 Å². The summed E-state index contributed by atoms with van der Waals surface area (Å²) in [5.74, 6) is 4.73. The van der Waals surface area contributed by atoms with Crippen LogP contribution in [0.4, 0.5) is 0 Å². The number of hydrogen-bond acceptors (Lipinski definition) is 3. The van der Waals surface area contributed by atoms with E-state index in [0.29, 0.717) is 5.56 Å². The fraction of sp³-hybridized carbons (Fsp3) is 0.143. The molecule has 1 aromatic carbocycles. The number of nitrogens with zero attached hydrogens (tertiary/aromatic N) is 1. The molecule has 0 aliphatic rings. The van der Waals surface area contributed by atoms with Crippen molar-refractivity contribution >= 4 is 5.91 Å². The smallest absolute Gasteiger partial charge is 0.266 e. The fourth-order valence-electron chi connectivity index (χ4n) is 1.71. The summed E-state index contributed by atoms with van der Waals surface area (Å²) in [6.45, 7) is 0. The van der Waals surface area contributed by atoms with E-state index in [2.05, 4.69) is 22.5 Å². The van der Waals surface area contributed by atoms with Crippen LogP contribution < -0.4 is 11.3 Å². The largest absolute Gasteiger partial charge is 0.290 e. The van der Waals surface area contributed by atoms with Crippen LogP contribution in [0.5, 0.6) is 0 Å². The number of benzene rings is 1. The molecule has 4 nitrogen and oxygen atoms in total. The SMILES string of the molecule is NNC(=O)c1ccc(CCc2ccccc2)nc1. The summed E-state index contributed by atoms with van der Waals surface area (Å²) in [4.78, 5) is 15.5. The summed E-state index contributed by atoms with van der Waals surface area (Å²) >= 11 is 0. The van der Waals surface area contributed by atoms with E-state index < -0.39 is 0 Å². The van der Waals surface area contributed by atoms with Crippen LogP contribution in [0.3, 0.4) is 0 Å². The molecule has 0 unspecified atom stereocenters. The average Bonchev–Trinajstić information content (AvgIpc) is 2.46. The lowest BCUT2D eigenvalue weighted by Gasteiger charge is -2.03. The lowest BCUT2D eigenvalue weighted by atomic mass is 10.1. The van der Waals surface area contributed by atoms with Crippen LogP contribution in [0.1, 0.15) is 21.6 Å². The molecule has 0 spiro atoms. The molecule has 0 saturated heterocycles. The molecule has 1 amide bonds. The number of nitrogens with one attached hydrogen (secondary N) is 1. The van der Waals surface area contributed by atoms with Gasteiger partial charge in [0, 0.05) is 11.9 Å². The molecule has 2 aromatic rings. The van der Waals surface area contributed by atoms with Crippen LogP contribution in [-0.4, -0.2) is 10.9 Å². The van der Waals surface area contributed by atoms with Crippen molar-refractivity contribution in [3.8, 4) is 0 Å². The van der Waals surface area contributed by atoms with E-state index in [0.717, 1.165) is 18.5 Å². The van der Waals surface area contributed by atoms with Gasteiger partial charge in [-0.05, 0) is 30.5 Å². The second kappa shape index (κ2) is 5.93. The average molecular weight is 241 g/mol. The summed E-state index contributed by atoms with van der Waals surface area (Å²) in [6.07, 6.45) is 3.34. The van der Waals surface area contributed by atoms with Gasteiger partial charge in [0.1, 0.15) is 0 Å². The number of amides is 1. The quantitative estimate of drug-likeness (QED) is 0.484. The molecule has 0 aliphatic carbocycles. The Bertz CT molecular complexity index is 508. The molecule has 0 atom stereocenters. The molecule has 2 rings (SSSR count). The van der Waals surface area contributed by atoms with E-state index in [1.807, 2.05) is 24.3 Å². The monoisotopic (exact) mass is 241 g/mol. The number of hydrazine groups is 1. The van der Waals surface area contributed by atoms with Gasteiger partial charge < -0.3 is 0 Å². The summed E-state index contributed by atoms with van der Waals surface area (Å²) in [6, 6.07) is 13.8. The predicted molar refractivity (Wildman–Crippen MR) is 69.7 cm³/mol. The standard InChI is InChI=1S/C14H15N3O/c15-17-14(18)12-7-9-13(16-10-12)8-6-11-4-2-1-3-5-11/h1-5,7,9-10H,6,8,15H2,(H,17,18). The van der Waals surface area contributed by atoms with Gasteiger partial charge in [0.25, 0.3) is 5.91 Å². The Labute approximate surface area is 106 Å². The van der Waals surface area contributed by atoms with E-state index in [4.69, 9.17) is 5.84 Å². The topological polar surface area (TPSA) is 68.0 Å². The van der Waals surface area contributed by atoms with E-state index >= 15 is 0 Å². The summed E-state index contributed by atoms with van der Waals surface area (Å²) < 4.78 is 0. The van der Waals surface area contributed by atoms with E-state index in [1.165, 1.54) is 5.56 Å². The zero-order valence-corrected chi connectivity index (χ0v) is 9.97. The Morgan fingerprint density at radius 2 is 1.89 bits per heavy atom. The molecule has 0 radical (unpaired) electrons. The first kappa shape index (κ1) is 12.3. The molecule has 1 heterocycles. The van der Waals surface area contributed by atoms with Crippen molar-refractivity contribution < 1.29 is 4.79 Å². The first-order valence-electron chi connectivity index (χ1n) is 5.79. The van der Waals surface area contributed by atoms with Gasteiger partial charge in [0.2, 0.25) is 0 Å². The van der Waals surface area contributed by atoms with Crippen LogP contribution in [0.15, 0.2) is 48.7 Å². The molecular formula is C14H15N3O. The number of nitrogens with two attached hydrogens (primary N) is 1. The second-order valence-electron chi connectivity index (χ2n) is 4.00. The predicted octanol–water partition coefficient (Wildman–Crippen LogP) is 1.47. The van der Waals surface area contributed by atoms with Crippen molar-refractivity contribution in [3.63, 3.8) is 0 Å². The molecule has 3 N–H and O–H groups in total. The number of hydrogen-bond donors (Lipinski definition) is 2. The third-order valence-electron chi connectivity index (χ3n) is 2.73. The molecule has 1 aromatic heterocycles. The minimum atomic E-state index is -0.322. The van der Waals surface area contributed by atoms with Crippen LogP contribution in [-0.2, 0) is 12.8 Å². The number of carbonyl (C=O) groups excluding carboxylic acids is 1. The van der Waals surface area contributed by atoms with Crippen molar-refractivity contribution in [2.24, 2.45) is 5.84 Å². The second-order valence-corrected chi connectivity index (χ2v) is 4.00. The highest BCUT2D eigenvalue weighted by atomic mass is 16.2. The highest BCUT2D eigenvalue weighted by Crippen LogP contribution is 2.06. The maximum absolute atomic E-state index is 11.2. The third-order valence-corrected chi connectivity index (χ3v) is 2.73. The summed E-state index contributed by atoms with van der Waals surface area (Å²) in [5.41, 5.74) is 4.80. The Kier molecular flexibility index (Phi) is 4.04. The Morgan fingerprint density at radius 3 is 2.50 bits per heavy atom. The van der Waals surface area contributed by atoms with Gasteiger partial charge in [0.05, 0.1) is 5.56 Å². The molecular weight excluding hydrogens is 226 g/mol. The van der Waals surface area contributed by atoms with Crippen molar-refractivity contribution in [3.05, 3.63) is 65.5 Å². The number of aryl methyl sites for hydroxylation is 2. The van der Waals surface area contributed by atoms with Crippen LogP contribution >= 0.6 is 0 Å². The summed E-state index contributed by atoms with van der Waals surface area (Å²) in [5, 5.41) is 0. The van der Waals surface area contributed by atoms with Gasteiger partial charge >= 0.3 is 0 Å². The van der Waals surface area contributed by atoms with Gasteiger partial charge in [-0.2, -0.15) is 0 Å². The number of carbonyl (C=O) groups is 1. The molecule has 4 heteroatoms. The molecule has 0 saturated carbocycles. The van der Waals surface area contributed by atoms with Gasteiger partial charge in [0.15, 0.2) is 0 Å². The maximum atomic E-state index is 11.2. The van der Waals surface area contributed by atoms with Gasteiger partial charge in [-0.3, -0.25) is 15.2 Å². The minimum Gasteiger partial charge on any atom is -0.290 e. The van der Waals surface area contributed by atoms with E-state index in [9.17, 15) is 4.79 Å². The third kappa shape index (κ3) is 3.15. The normalized spacial score (nSPS) is 10.1. The number of pyridine rings is 1. The van der Waals surface area contributed by atoms with Crippen LogP contribution in [0, 0.1) is 0 Å². The lowest BCUT2D eigenvalue weighted by Crippen LogP contribution is -2.30. The molecule has 18 heavy (non-hydrogen) atoms. The Morgan fingerprint density at radius 1 is 1.11 bits per heavy atom. The lowest BCUT2D eigenvalue weighted by molar-refractivity contribution is 0.0953. The molecule has 92 valence electrons. The highest BCUT2D eigenvalue weighted by Gasteiger charge is 2.03. The number of aromatic nitrogens is 1. The zero-order chi connectivity index (χ0) is 12.8. The van der Waals surface area contributed by atoms with Gasteiger partial charge in [-0.15, -0.1) is 0 Å². The first-order chi connectivity index (χ1) is 8.79. The molecule has 0 bridgehead atoms. The fourth-order valence-corrected chi connectivity index (χ4v) is 1.71. The van der Waals surface area contributed by atoms with Crippen LogP contribution in [0.25, 0.3) is 0 Å². The van der Waals surface area contributed by atoms with Crippen LogP contribution in [0.2, 0.25) is 0 Å². The van der Waals surface area contributed by atoms with E-state index in [-0.39, 0.29) is 5.91 Å². The van der Waals surface area contributed by atoms with Gasteiger partial charge in [-0.1, -0.05) is 30.3 Å². The molecule has 0 aliphatic heterocycles. The van der Waals surface area contributed by atoms with Crippen molar-refractivity contribution in [2.75, 3.05) is 0 Å².